The van der Waals surface area contributed by atoms with Crippen molar-refractivity contribution in [1.82, 2.24) is 5.32 Å². The van der Waals surface area contributed by atoms with Crippen molar-refractivity contribution in [2.45, 2.75) is 19.6 Å². The van der Waals surface area contributed by atoms with Crippen LogP contribution in [0.4, 0.5) is 0 Å². The van der Waals surface area contributed by atoms with Crippen LogP contribution in [0.25, 0.3) is 0 Å². The first kappa shape index (κ1) is 16.0. The van der Waals surface area contributed by atoms with Crippen LogP contribution in [-0.4, -0.2) is 25.7 Å². The Labute approximate surface area is 131 Å². The Balaban J connectivity index is 2.04. The molecule has 0 aliphatic carbocycles. The molecule has 4 heteroatoms. The molecule has 0 bridgehead atoms. The van der Waals surface area contributed by atoms with Gasteiger partial charge in [-0.2, -0.15) is 0 Å². The highest BCUT2D eigenvalue weighted by Crippen LogP contribution is 2.19. The van der Waals surface area contributed by atoms with Crippen LogP contribution >= 0.6 is 0 Å². The largest absolute Gasteiger partial charge is 0.488 e. The fourth-order valence-corrected chi connectivity index (χ4v) is 2.11. The lowest BCUT2D eigenvalue weighted by Crippen LogP contribution is -2.35. The normalized spacial score (nSPS) is 11.7. The van der Waals surface area contributed by atoms with E-state index in [1.807, 2.05) is 49.4 Å². The number of methoxy groups -OCH3 is 1. The Kier molecular flexibility index (Phi) is 5.98. The lowest BCUT2D eigenvalue weighted by molar-refractivity contribution is 0.0901. The molecule has 116 valence electrons. The molecule has 0 spiro atoms. The van der Waals surface area contributed by atoms with Gasteiger partial charge in [0.05, 0.1) is 12.2 Å². The van der Waals surface area contributed by atoms with E-state index in [0.717, 1.165) is 5.56 Å². The Hall–Kier alpha value is -2.33. The van der Waals surface area contributed by atoms with Crippen LogP contribution < -0.4 is 10.1 Å². The number of ether oxygens (including phenoxy) is 2. The van der Waals surface area contributed by atoms with E-state index >= 15 is 0 Å². The molecule has 0 unspecified atom stereocenters. The summed E-state index contributed by atoms with van der Waals surface area (Å²) in [7, 11) is 1.61. The third-order valence-electron chi connectivity index (χ3n) is 3.16. The molecule has 0 heterocycles. The van der Waals surface area contributed by atoms with Gasteiger partial charge in [-0.15, -0.1) is 0 Å². The van der Waals surface area contributed by atoms with Crippen LogP contribution in [0.5, 0.6) is 5.75 Å². The highest BCUT2D eigenvalue weighted by Gasteiger charge is 2.14. The number of nitrogens with one attached hydrogen (secondary N) is 1. The Morgan fingerprint density at radius 2 is 1.77 bits per heavy atom. The van der Waals surface area contributed by atoms with Gasteiger partial charge in [0.2, 0.25) is 0 Å². The van der Waals surface area contributed by atoms with Crippen LogP contribution in [-0.2, 0) is 11.3 Å². The molecule has 0 fully saturated rings. The number of amides is 1. The molecule has 0 saturated heterocycles. The van der Waals surface area contributed by atoms with Gasteiger partial charge >= 0.3 is 0 Å². The van der Waals surface area contributed by atoms with E-state index < -0.39 is 0 Å². The summed E-state index contributed by atoms with van der Waals surface area (Å²) in [6.07, 6.45) is 0. The van der Waals surface area contributed by atoms with Crippen molar-refractivity contribution in [2.75, 3.05) is 13.7 Å². The number of carbonyl (C=O) groups is 1. The highest BCUT2D eigenvalue weighted by molar-refractivity contribution is 5.97. The van der Waals surface area contributed by atoms with Crippen molar-refractivity contribution in [2.24, 2.45) is 0 Å². The minimum absolute atomic E-state index is 0.0559. The Morgan fingerprint density at radius 1 is 1.09 bits per heavy atom. The minimum Gasteiger partial charge on any atom is -0.488 e. The first-order chi connectivity index (χ1) is 10.7. The fourth-order valence-electron chi connectivity index (χ4n) is 2.11. The van der Waals surface area contributed by atoms with Crippen molar-refractivity contribution in [3.63, 3.8) is 0 Å². The first-order valence-electron chi connectivity index (χ1n) is 7.26. The van der Waals surface area contributed by atoms with Gasteiger partial charge in [-0.1, -0.05) is 42.5 Å². The molecule has 22 heavy (non-hydrogen) atoms. The molecular formula is C18H21NO3. The maximum Gasteiger partial charge on any atom is 0.255 e. The van der Waals surface area contributed by atoms with Crippen LogP contribution in [0, 0.1) is 0 Å². The summed E-state index contributed by atoms with van der Waals surface area (Å²) in [5.41, 5.74) is 1.59. The fraction of sp³-hybridized carbons (Fsp3) is 0.278. The van der Waals surface area contributed by atoms with Crippen molar-refractivity contribution < 1.29 is 14.3 Å². The molecular weight excluding hydrogens is 278 g/mol. The second-order valence-electron chi connectivity index (χ2n) is 5.10. The van der Waals surface area contributed by atoms with E-state index in [2.05, 4.69) is 5.32 Å². The molecule has 0 aromatic heterocycles. The molecule has 0 aliphatic heterocycles. The number of rotatable bonds is 7. The van der Waals surface area contributed by atoms with Crippen molar-refractivity contribution >= 4 is 5.91 Å². The monoisotopic (exact) mass is 299 g/mol. The summed E-state index contributed by atoms with van der Waals surface area (Å²) in [4.78, 5) is 12.3. The third-order valence-corrected chi connectivity index (χ3v) is 3.16. The van der Waals surface area contributed by atoms with Gasteiger partial charge in [-0.25, -0.2) is 0 Å². The molecule has 2 aromatic rings. The van der Waals surface area contributed by atoms with Gasteiger partial charge in [0, 0.05) is 13.2 Å². The number of para-hydroxylation sites is 1. The zero-order valence-electron chi connectivity index (χ0n) is 12.9. The number of carbonyl (C=O) groups excluding carboxylic acids is 1. The predicted octanol–water partition coefficient (Wildman–Crippen LogP) is 3.03. The topological polar surface area (TPSA) is 47.6 Å². The molecule has 0 saturated carbocycles. The van der Waals surface area contributed by atoms with Crippen molar-refractivity contribution in [3.05, 3.63) is 65.7 Å². The predicted molar refractivity (Wildman–Crippen MR) is 86.0 cm³/mol. The Morgan fingerprint density at radius 3 is 2.50 bits per heavy atom. The smallest absolute Gasteiger partial charge is 0.255 e. The number of hydrogen-bond acceptors (Lipinski definition) is 3. The number of benzene rings is 2. The van der Waals surface area contributed by atoms with E-state index in [1.165, 1.54) is 0 Å². The molecule has 0 aliphatic rings. The van der Waals surface area contributed by atoms with Crippen molar-refractivity contribution in [1.29, 1.82) is 0 Å². The maximum atomic E-state index is 12.3. The number of hydrogen-bond donors (Lipinski definition) is 1. The van der Waals surface area contributed by atoms with E-state index in [0.29, 0.717) is 24.5 Å². The molecule has 4 nitrogen and oxygen atoms in total. The summed E-state index contributed by atoms with van der Waals surface area (Å²) in [6.45, 7) is 2.80. The maximum absolute atomic E-state index is 12.3. The van der Waals surface area contributed by atoms with Crippen LogP contribution in [0.3, 0.4) is 0 Å². The summed E-state index contributed by atoms with van der Waals surface area (Å²) >= 11 is 0. The molecule has 1 amide bonds. The molecule has 2 rings (SSSR count). The average Bonchev–Trinajstić information content (AvgIpc) is 2.54. The van der Waals surface area contributed by atoms with Crippen LogP contribution in [0.2, 0.25) is 0 Å². The standard InChI is InChI=1S/C18H21NO3/c1-14(12-21-2)19-18(20)16-10-6-7-11-17(16)22-13-15-8-4-3-5-9-15/h3-11,14H,12-13H2,1-2H3,(H,19,20)/t14-/m0/s1. The van der Waals surface area contributed by atoms with E-state index in [-0.39, 0.29) is 11.9 Å². The van der Waals surface area contributed by atoms with Gasteiger partial charge in [0.25, 0.3) is 5.91 Å². The van der Waals surface area contributed by atoms with Crippen molar-refractivity contribution in [3.8, 4) is 5.75 Å². The summed E-state index contributed by atoms with van der Waals surface area (Å²) in [5, 5.41) is 2.89. The van der Waals surface area contributed by atoms with Crippen LogP contribution in [0.15, 0.2) is 54.6 Å². The second kappa shape index (κ2) is 8.20. The van der Waals surface area contributed by atoms with Gasteiger partial charge in [0.15, 0.2) is 0 Å². The average molecular weight is 299 g/mol. The summed E-state index contributed by atoms with van der Waals surface area (Å²) < 4.78 is 10.8. The van der Waals surface area contributed by atoms with Gasteiger partial charge < -0.3 is 14.8 Å². The zero-order chi connectivity index (χ0) is 15.8. The Bertz CT molecular complexity index is 598. The summed E-state index contributed by atoms with van der Waals surface area (Å²) in [6, 6.07) is 17.1. The van der Waals surface area contributed by atoms with Crippen LogP contribution in [0.1, 0.15) is 22.8 Å². The quantitative estimate of drug-likeness (QED) is 0.855. The summed E-state index contributed by atoms with van der Waals surface area (Å²) in [5.74, 6) is 0.418. The highest BCUT2D eigenvalue weighted by atomic mass is 16.5. The lowest BCUT2D eigenvalue weighted by atomic mass is 10.1. The first-order valence-corrected chi connectivity index (χ1v) is 7.26. The lowest BCUT2D eigenvalue weighted by Gasteiger charge is -2.15. The van der Waals surface area contributed by atoms with E-state index in [4.69, 9.17) is 9.47 Å². The van der Waals surface area contributed by atoms with Gasteiger partial charge in [0.1, 0.15) is 12.4 Å². The third kappa shape index (κ3) is 4.60. The van der Waals surface area contributed by atoms with Gasteiger partial charge in [-0.05, 0) is 24.6 Å². The molecule has 2 aromatic carbocycles. The zero-order valence-corrected chi connectivity index (χ0v) is 12.9. The SMILES string of the molecule is COC[C@H](C)NC(=O)c1ccccc1OCc1ccccc1. The molecule has 1 atom stereocenters. The molecule has 1 N–H and O–H groups in total. The second-order valence-corrected chi connectivity index (χ2v) is 5.10. The van der Waals surface area contributed by atoms with E-state index in [9.17, 15) is 4.79 Å². The van der Waals surface area contributed by atoms with Gasteiger partial charge in [-0.3, -0.25) is 4.79 Å². The van der Waals surface area contributed by atoms with E-state index in [1.54, 1.807) is 19.2 Å². The molecule has 0 radical (unpaired) electrons. The minimum atomic E-state index is -0.159.